The quantitative estimate of drug-likeness (QED) is 0.371. The highest BCUT2D eigenvalue weighted by Crippen LogP contribution is 2.46. The summed E-state index contributed by atoms with van der Waals surface area (Å²) in [6.07, 6.45) is 6.04. The van der Waals surface area contributed by atoms with Crippen molar-refractivity contribution >= 4 is 23.1 Å². The van der Waals surface area contributed by atoms with Crippen LogP contribution < -0.4 is 15.5 Å². The first-order valence-electron chi connectivity index (χ1n) is 14.1. The Morgan fingerprint density at radius 3 is 2.41 bits per heavy atom. The van der Waals surface area contributed by atoms with E-state index in [0.717, 1.165) is 68.5 Å². The Hall–Kier alpha value is -3.23. The molecule has 2 aliphatic heterocycles. The van der Waals surface area contributed by atoms with Crippen LogP contribution in [0.4, 0.5) is 23.1 Å². The molecule has 0 radical (unpaired) electrons. The van der Waals surface area contributed by atoms with Gasteiger partial charge < -0.3 is 25.3 Å². The molecular weight excluding hydrogens is 484 g/mol. The molecular formula is C31H44N8. The molecule has 2 bridgehead atoms. The van der Waals surface area contributed by atoms with E-state index in [4.69, 9.17) is 4.98 Å². The molecule has 1 aromatic carbocycles. The van der Waals surface area contributed by atoms with Gasteiger partial charge in [0.15, 0.2) is 0 Å². The van der Waals surface area contributed by atoms with Gasteiger partial charge in [-0.15, -0.1) is 0 Å². The van der Waals surface area contributed by atoms with E-state index in [9.17, 15) is 0 Å². The number of fused-ring (bicyclic) bond motifs is 2. The lowest BCUT2D eigenvalue weighted by molar-refractivity contribution is 0.00531. The predicted octanol–water partition coefficient (Wildman–Crippen LogP) is 5.12. The maximum Gasteiger partial charge on any atom is 0.227 e. The molecule has 39 heavy (non-hydrogen) atoms. The molecule has 8 heteroatoms. The van der Waals surface area contributed by atoms with Crippen LogP contribution >= 0.6 is 0 Å². The third-order valence-electron chi connectivity index (χ3n) is 7.90. The number of aromatic nitrogens is 3. The molecule has 0 saturated carbocycles. The van der Waals surface area contributed by atoms with E-state index in [2.05, 4.69) is 101 Å². The molecule has 208 valence electrons. The molecule has 2 atom stereocenters. The smallest absolute Gasteiger partial charge is 0.227 e. The minimum atomic E-state index is 0.326. The summed E-state index contributed by atoms with van der Waals surface area (Å²) < 4.78 is 0. The third kappa shape index (κ3) is 6.68. The molecule has 8 nitrogen and oxygen atoms in total. The molecule has 2 aliphatic rings. The fourth-order valence-electron chi connectivity index (χ4n) is 6.92. The van der Waals surface area contributed by atoms with E-state index >= 15 is 0 Å². The van der Waals surface area contributed by atoms with Gasteiger partial charge in [0, 0.05) is 62.1 Å². The number of anilines is 4. The highest BCUT2D eigenvalue weighted by atomic mass is 15.2. The van der Waals surface area contributed by atoms with E-state index in [0.29, 0.717) is 16.8 Å². The Morgan fingerprint density at radius 2 is 1.74 bits per heavy atom. The zero-order valence-electron chi connectivity index (χ0n) is 24.5. The number of hydrogen-bond acceptors (Lipinski definition) is 8. The second-order valence-corrected chi connectivity index (χ2v) is 12.7. The number of benzene rings is 1. The van der Waals surface area contributed by atoms with Crippen LogP contribution in [0, 0.1) is 17.8 Å². The van der Waals surface area contributed by atoms with Gasteiger partial charge in [-0.25, -0.2) is 15.0 Å². The first-order chi connectivity index (χ1) is 18.6. The summed E-state index contributed by atoms with van der Waals surface area (Å²) in [5, 5.41) is 6.80. The Labute approximate surface area is 233 Å². The molecule has 2 fully saturated rings. The van der Waals surface area contributed by atoms with Gasteiger partial charge in [0.05, 0.1) is 5.69 Å². The SMILES string of the molecule is Cc1cc(Nc2nccc(-c3ccc(NCCCN(C)C)nc3)n2)ccc1N1CC2(C)CN(C)CC(C)(C1)C2. The molecule has 0 amide bonds. The molecule has 0 aliphatic carbocycles. The van der Waals surface area contributed by atoms with Crippen molar-refractivity contribution in [1.82, 2.24) is 24.8 Å². The normalized spacial score (nSPS) is 23.2. The van der Waals surface area contributed by atoms with Gasteiger partial charge in [0.1, 0.15) is 5.82 Å². The number of hydrogen-bond donors (Lipinski definition) is 2. The van der Waals surface area contributed by atoms with E-state index in [1.54, 1.807) is 6.20 Å². The number of piperidine rings is 2. The second-order valence-electron chi connectivity index (χ2n) is 12.7. The molecule has 5 rings (SSSR count). The van der Waals surface area contributed by atoms with Crippen molar-refractivity contribution in [1.29, 1.82) is 0 Å². The van der Waals surface area contributed by atoms with Crippen molar-refractivity contribution in [2.24, 2.45) is 10.8 Å². The van der Waals surface area contributed by atoms with Crippen molar-refractivity contribution in [2.75, 3.05) is 75.9 Å². The van der Waals surface area contributed by atoms with Crippen molar-refractivity contribution in [3.63, 3.8) is 0 Å². The minimum absolute atomic E-state index is 0.326. The van der Waals surface area contributed by atoms with Crippen molar-refractivity contribution < 1.29 is 0 Å². The average Bonchev–Trinajstić information content (AvgIpc) is 2.85. The maximum absolute atomic E-state index is 4.77. The van der Waals surface area contributed by atoms with Crippen LogP contribution in [0.25, 0.3) is 11.3 Å². The van der Waals surface area contributed by atoms with Crippen LogP contribution in [0.3, 0.4) is 0 Å². The largest absolute Gasteiger partial charge is 0.370 e. The highest BCUT2D eigenvalue weighted by Gasteiger charge is 2.47. The number of rotatable bonds is 9. The lowest BCUT2D eigenvalue weighted by Crippen LogP contribution is -2.61. The number of aryl methyl sites for hydroxylation is 1. The molecule has 2 unspecified atom stereocenters. The summed E-state index contributed by atoms with van der Waals surface area (Å²) in [5.41, 5.74) is 6.07. The van der Waals surface area contributed by atoms with E-state index in [1.807, 2.05) is 18.3 Å². The zero-order valence-corrected chi connectivity index (χ0v) is 24.5. The van der Waals surface area contributed by atoms with Gasteiger partial charge >= 0.3 is 0 Å². The van der Waals surface area contributed by atoms with Gasteiger partial charge in [-0.1, -0.05) is 13.8 Å². The number of nitrogens with one attached hydrogen (secondary N) is 2. The fraction of sp³-hybridized carbons (Fsp3) is 0.516. The Bertz CT molecular complexity index is 1260. The van der Waals surface area contributed by atoms with Crippen LogP contribution in [-0.2, 0) is 0 Å². The zero-order chi connectivity index (χ0) is 27.6. The molecule has 0 spiro atoms. The Balaban J connectivity index is 1.24. The standard InChI is InChI=1S/C31H44N8/c1-23-16-25(9-10-27(23)39-21-30(2)18-31(3,22-39)20-38(6)19-30)35-29-33-14-12-26(36-29)24-8-11-28(34-17-24)32-13-7-15-37(4)5/h8-12,14,16-17H,7,13,15,18-22H2,1-6H3,(H,32,34)(H,33,35,36). The number of likely N-dealkylation sites (tertiary alicyclic amines) is 1. The first-order valence-corrected chi connectivity index (χ1v) is 14.1. The van der Waals surface area contributed by atoms with E-state index in [-0.39, 0.29) is 0 Å². The summed E-state index contributed by atoms with van der Waals surface area (Å²) in [7, 11) is 6.45. The molecule has 3 aromatic rings. The van der Waals surface area contributed by atoms with Gasteiger partial charge in [0.2, 0.25) is 5.95 Å². The van der Waals surface area contributed by atoms with Crippen LogP contribution in [0.2, 0.25) is 0 Å². The lowest BCUT2D eigenvalue weighted by Gasteiger charge is -2.57. The van der Waals surface area contributed by atoms with E-state index in [1.165, 1.54) is 17.7 Å². The minimum Gasteiger partial charge on any atom is -0.370 e. The van der Waals surface area contributed by atoms with Crippen LogP contribution in [0.1, 0.15) is 32.3 Å². The first kappa shape index (κ1) is 27.3. The van der Waals surface area contributed by atoms with Gasteiger partial charge in [0.25, 0.3) is 0 Å². The van der Waals surface area contributed by atoms with Crippen molar-refractivity contribution in [3.05, 3.63) is 54.4 Å². The summed E-state index contributed by atoms with van der Waals surface area (Å²) in [6, 6.07) is 12.6. The Morgan fingerprint density at radius 1 is 0.974 bits per heavy atom. The second kappa shape index (κ2) is 11.1. The maximum atomic E-state index is 4.77. The van der Waals surface area contributed by atoms with Gasteiger partial charge in [-0.2, -0.15) is 0 Å². The molecule has 2 aromatic heterocycles. The topological polar surface area (TPSA) is 72.4 Å². The lowest BCUT2D eigenvalue weighted by atomic mass is 9.65. The molecule has 2 N–H and O–H groups in total. The van der Waals surface area contributed by atoms with Crippen LogP contribution in [0.5, 0.6) is 0 Å². The van der Waals surface area contributed by atoms with Crippen LogP contribution in [0.15, 0.2) is 48.8 Å². The highest BCUT2D eigenvalue weighted by molar-refractivity contribution is 5.66. The predicted molar refractivity (Wildman–Crippen MR) is 162 cm³/mol. The van der Waals surface area contributed by atoms with E-state index < -0.39 is 0 Å². The van der Waals surface area contributed by atoms with Crippen molar-refractivity contribution in [3.8, 4) is 11.3 Å². The van der Waals surface area contributed by atoms with Crippen molar-refractivity contribution in [2.45, 2.75) is 33.6 Å². The Kier molecular flexibility index (Phi) is 7.78. The summed E-state index contributed by atoms with van der Waals surface area (Å²) in [4.78, 5) is 21.1. The third-order valence-corrected chi connectivity index (χ3v) is 7.90. The molecule has 4 heterocycles. The summed E-state index contributed by atoms with van der Waals surface area (Å²) in [6.45, 7) is 13.6. The number of pyridine rings is 1. The molecule has 2 saturated heterocycles. The van der Waals surface area contributed by atoms with Gasteiger partial charge in [-0.05, 0) is 100 Å². The fourth-order valence-corrected chi connectivity index (χ4v) is 6.92. The van der Waals surface area contributed by atoms with Gasteiger partial charge in [-0.3, -0.25) is 0 Å². The average molecular weight is 529 g/mol. The summed E-state index contributed by atoms with van der Waals surface area (Å²) in [5.74, 6) is 1.47. The number of nitrogens with zero attached hydrogens (tertiary/aromatic N) is 6. The summed E-state index contributed by atoms with van der Waals surface area (Å²) >= 11 is 0. The monoisotopic (exact) mass is 528 g/mol. The van der Waals surface area contributed by atoms with Crippen LogP contribution in [-0.4, -0.2) is 85.2 Å².